The van der Waals surface area contributed by atoms with Crippen molar-refractivity contribution in [3.05, 3.63) is 6.92 Å². The third-order valence-corrected chi connectivity index (χ3v) is 1.95. The van der Waals surface area contributed by atoms with Crippen molar-refractivity contribution in [2.24, 2.45) is 5.41 Å². The maximum atomic E-state index is 9.18. The highest BCUT2D eigenvalue weighted by Crippen LogP contribution is 2.25. The fourth-order valence-electron chi connectivity index (χ4n) is 0.665. The highest BCUT2D eigenvalue weighted by molar-refractivity contribution is 4.74. The molecule has 0 amide bonds. The van der Waals surface area contributed by atoms with Crippen molar-refractivity contribution >= 4 is 0 Å². The third kappa shape index (κ3) is 2.85. The van der Waals surface area contributed by atoms with E-state index in [0.29, 0.717) is 0 Å². The zero-order chi connectivity index (χ0) is 7.49. The smallest absolute Gasteiger partial charge is 0.0563 e. The molecule has 1 atom stereocenters. The monoisotopic (exact) mass is 129 g/mol. The van der Waals surface area contributed by atoms with Gasteiger partial charge in [0.05, 0.1) is 6.10 Å². The summed E-state index contributed by atoms with van der Waals surface area (Å²) < 4.78 is 0. The molecule has 0 aromatic rings. The van der Waals surface area contributed by atoms with Crippen molar-refractivity contribution in [1.29, 1.82) is 0 Å². The van der Waals surface area contributed by atoms with Crippen LogP contribution in [0.25, 0.3) is 0 Å². The summed E-state index contributed by atoms with van der Waals surface area (Å²) in [7, 11) is 0. The van der Waals surface area contributed by atoms with Gasteiger partial charge in [0.2, 0.25) is 0 Å². The Morgan fingerprint density at radius 1 is 1.56 bits per heavy atom. The summed E-state index contributed by atoms with van der Waals surface area (Å²) in [4.78, 5) is 0. The molecule has 55 valence electrons. The topological polar surface area (TPSA) is 20.2 Å². The Bertz CT molecular complexity index is 74.6. The summed E-state index contributed by atoms with van der Waals surface area (Å²) in [6.07, 6.45) is 1.67. The van der Waals surface area contributed by atoms with E-state index in [2.05, 4.69) is 20.8 Å². The fraction of sp³-hybridized carbons (Fsp3) is 0.875. The van der Waals surface area contributed by atoms with Gasteiger partial charge in [-0.3, -0.25) is 0 Å². The van der Waals surface area contributed by atoms with E-state index in [1.807, 2.05) is 6.92 Å². The van der Waals surface area contributed by atoms with Crippen LogP contribution in [0.4, 0.5) is 0 Å². The molecule has 1 nitrogen and oxygen atoms in total. The van der Waals surface area contributed by atoms with Crippen LogP contribution >= 0.6 is 0 Å². The van der Waals surface area contributed by atoms with E-state index in [-0.39, 0.29) is 11.5 Å². The van der Waals surface area contributed by atoms with E-state index in [1.165, 1.54) is 0 Å². The standard InChI is InChI=1S/C8H17O/c1-5-6-8(3,4)7(2)9/h7,9H,1,5-6H2,2-4H3. The van der Waals surface area contributed by atoms with E-state index < -0.39 is 0 Å². The Morgan fingerprint density at radius 2 is 2.00 bits per heavy atom. The summed E-state index contributed by atoms with van der Waals surface area (Å²) in [5.41, 5.74) is 0.0434. The van der Waals surface area contributed by atoms with Gasteiger partial charge in [-0.25, -0.2) is 0 Å². The van der Waals surface area contributed by atoms with Crippen molar-refractivity contribution in [2.75, 3.05) is 0 Å². The van der Waals surface area contributed by atoms with Crippen molar-refractivity contribution in [3.63, 3.8) is 0 Å². The van der Waals surface area contributed by atoms with Gasteiger partial charge < -0.3 is 5.11 Å². The Labute approximate surface area is 58.1 Å². The van der Waals surface area contributed by atoms with E-state index in [0.717, 1.165) is 12.8 Å². The first kappa shape index (κ1) is 8.96. The molecular formula is C8H17O. The molecule has 0 spiro atoms. The molecular weight excluding hydrogens is 112 g/mol. The lowest BCUT2D eigenvalue weighted by atomic mass is 9.83. The third-order valence-electron chi connectivity index (χ3n) is 1.95. The van der Waals surface area contributed by atoms with Gasteiger partial charge in [-0.1, -0.05) is 27.2 Å². The van der Waals surface area contributed by atoms with Crippen LogP contribution in [-0.4, -0.2) is 11.2 Å². The first-order valence-corrected chi connectivity index (χ1v) is 3.48. The van der Waals surface area contributed by atoms with Gasteiger partial charge in [0, 0.05) is 0 Å². The summed E-state index contributed by atoms with van der Waals surface area (Å²) >= 11 is 0. The number of aliphatic hydroxyl groups excluding tert-OH is 1. The summed E-state index contributed by atoms with van der Waals surface area (Å²) in [6.45, 7) is 9.69. The molecule has 0 aliphatic rings. The van der Waals surface area contributed by atoms with E-state index >= 15 is 0 Å². The molecule has 0 aromatic heterocycles. The van der Waals surface area contributed by atoms with Crippen LogP contribution in [0.5, 0.6) is 0 Å². The molecule has 9 heavy (non-hydrogen) atoms. The lowest BCUT2D eigenvalue weighted by Crippen LogP contribution is -2.25. The SMILES string of the molecule is [CH2]CCC(C)(C)C(C)O. The van der Waals surface area contributed by atoms with E-state index in [1.54, 1.807) is 0 Å². The fourth-order valence-corrected chi connectivity index (χ4v) is 0.665. The van der Waals surface area contributed by atoms with Gasteiger partial charge in [0.15, 0.2) is 0 Å². The van der Waals surface area contributed by atoms with Gasteiger partial charge >= 0.3 is 0 Å². The van der Waals surface area contributed by atoms with Crippen LogP contribution in [-0.2, 0) is 0 Å². The molecule has 1 radical (unpaired) electrons. The Balaban J connectivity index is 3.70. The highest BCUT2D eigenvalue weighted by atomic mass is 16.3. The Morgan fingerprint density at radius 3 is 2.11 bits per heavy atom. The van der Waals surface area contributed by atoms with Gasteiger partial charge in [0.1, 0.15) is 0 Å². The van der Waals surface area contributed by atoms with Crippen molar-refractivity contribution in [3.8, 4) is 0 Å². The van der Waals surface area contributed by atoms with Gasteiger partial charge in [-0.15, -0.1) is 0 Å². The lowest BCUT2D eigenvalue weighted by molar-refractivity contribution is 0.0604. The van der Waals surface area contributed by atoms with E-state index in [4.69, 9.17) is 0 Å². The molecule has 0 aromatic carbocycles. The summed E-state index contributed by atoms with van der Waals surface area (Å²) in [5.74, 6) is 0. The number of rotatable bonds is 3. The zero-order valence-corrected chi connectivity index (χ0v) is 6.65. The predicted octanol–water partition coefficient (Wildman–Crippen LogP) is 2.01. The highest BCUT2D eigenvalue weighted by Gasteiger charge is 2.22. The molecule has 0 aliphatic carbocycles. The van der Waals surface area contributed by atoms with Crippen molar-refractivity contribution < 1.29 is 5.11 Å². The van der Waals surface area contributed by atoms with Crippen molar-refractivity contribution in [2.45, 2.75) is 39.7 Å². The average Bonchev–Trinajstić information content (AvgIpc) is 1.65. The minimum Gasteiger partial charge on any atom is -0.393 e. The molecule has 0 rings (SSSR count). The molecule has 1 unspecified atom stereocenters. The Kier molecular flexibility index (Phi) is 3.20. The van der Waals surface area contributed by atoms with Crippen LogP contribution < -0.4 is 0 Å². The molecule has 0 saturated heterocycles. The van der Waals surface area contributed by atoms with Gasteiger partial charge in [0.25, 0.3) is 0 Å². The van der Waals surface area contributed by atoms with Gasteiger partial charge in [-0.05, 0) is 18.8 Å². The minimum atomic E-state index is -0.223. The van der Waals surface area contributed by atoms with E-state index in [9.17, 15) is 5.11 Å². The molecule has 1 heteroatoms. The van der Waals surface area contributed by atoms with Gasteiger partial charge in [-0.2, -0.15) is 0 Å². The number of hydrogen-bond donors (Lipinski definition) is 1. The predicted molar refractivity (Wildman–Crippen MR) is 40.1 cm³/mol. The normalized spacial score (nSPS) is 15.7. The first-order chi connectivity index (χ1) is 4.00. The molecule has 1 N–H and O–H groups in total. The molecule has 0 aliphatic heterocycles. The minimum absolute atomic E-state index is 0.0434. The molecule has 0 bridgehead atoms. The molecule has 0 saturated carbocycles. The van der Waals surface area contributed by atoms with Crippen LogP contribution in [0.1, 0.15) is 33.6 Å². The largest absolute Gasteiger partial charge is 0.393 e. The average molecular weight is 129 g/mol. The second-order valence-corrected chi connectivity index (χ2v) is 3.27. The first-order valence-electron chi connectivity index (χ1n) is 3.48. The molecule has 0 heterocycles. The van der Waals surface area contributed by atoms with Crippen molar-refractivity contribution in [1.82, 2.24) is 0 Å². The Hall–Kier alpha value is -0.0400. The van der Waals surface area contributed by atoms with Crippen LogP contribution in [0.15, 0.2) is 0 Å². The van der Waals surface area contributed by atoms with Crippen LogP contribution in [0, 0.1) is 12.3 Å². The zero-order valence-electron chi connectivity index (χ0n) is 6.65. The lowest BCUT2D eigenvalue weighted by Gasteiger charge is -2.27. The number of hydrogen-bond acceptors (Lipinski definition) is 1. The molecule has 0 fully saturated rings. The maximum absolute atomic E-state index is 9.18. The quantitative estimate of drug-likeness (QED) is 0.618. The maximum Gasteiger partial charge on any atom is 0.0563 e. The number of aliphatic hydroxyl groups is 1. The van der Waals surface area contributed by atoms with Crippen LogP contribution in [0.2, 0.25) is 0 Å². The second-order valence-electron chi connectivity index (χ2n) is 3.27. The summed E-state index contributed by atoms with van der Waals surface area (Å²) in [5, 5.41) is 9.18. The van der Waals surface area contributed by atoms with Crippen LogP contribution in [0.3, 0.4) is 0 Å². The second kappa shape index (κ2) is 3.21. The summed E-state index contributed by atoms with van der Waals surface area (Å²) in [6, 6.07) is 0.